The van der Waals surface area contributed by atoms with Gasteiger partial charge in [0, 0.05) is 13.5 Å². The van der Waals surface area contributed by atoms with E-state index in [9.17, 15) is 19.2 Å². The molecule has 31 heavy (non-hydrogen) atoms. The molecule has 2 aliphatic rings. The third-order valence-electron chi connectivity index (χ3n) is 6.47. The number of nitrogens with one attached hydrogen (secondary N) is 1. The van der Waals surface area contributed by atoms with Gasteiger partial charge in [-0.3, -0.25) is 28.8 Å². The summed E-state index contributed by atoms with van der Waals surface area (Å²) < 4.78 is 8.48. The number of imide groups is 1. The minimum absolute atomic E-state index is 0.0617. The summed E-state index contributed by atoms with van der Waals surface area (Å²) in [5.41, 5.74) is 2.18. The van der Waals surface area contributed by atoms with Crippen molar-refractivity contribution in [3.63, 3.8) is 0 Å². The number of benzene rings is 1. The monoisotopic (exact) mass is 427 g/mol. The van der Waals surface area contributed by atoms with E-state index in [2.05, 4.69) is 5.32 Å². The van der Waals surface area contributed by atoms with Crippen molar-refractivity contribution in [1.82, 2.24) is 14.5 Å². The maximum Gasteiger partial charge on any atom is 0.329 e. The lowest BCUT2D eigenvalue weighted by atomic mass is 9.89. The molecule has 1 aromatic carbocycles. The lowest BCUT2D eigenvalue weighted by molar-refractivity contribution is -0.149. The first-order valence-electron chi connectivity index (χ1n) is 11.2. The number of hydrogen-bond acceptors (Lipinski definition) is 5. The van der Waals surface area contributed by atoms with Crippen molar-refractivity contribution in [3.8, 4) is 0 Å². The Labute approximate surface area is 180 Å². The third-order valence-corrected chi connectivity index (χ3v) is 6.47. The van der Waals surface area contributed by atoms with Crippen LogP contribution in [0.2, 0.25) is 0 Å². The average molecular weight is 428 g/mol. The first-order chi connectivity index (χ1) is 15.0. The van der Waals surface area contributed by atoms with E-state index in [1.54, 1.807) is 7.05 Å². The molecule has 2 amide bonds. The summed E-state index contributed by atoms with van der Waals surface area (Å²) in [6.07, 6.45) is 7.28. The average Bonchev–Trinajstić information content (AvgIpc) is 3.02. The number of nitrogens with zero attached hydrogens (tertiary/aromatic N) is 2. The highest BCUT2D eigenvalue weighted by Gasteiger charge is 2.31. The number of esters is 1. The van der Waals surface area contributed by atoms with E-state index in [-0.39, 0.29) is 29.9 Å². The van der Waals surface area contributed by atoms with Crippen LogP contribution in [0.1, 0.15) is 63.0 Å². The number of piperidine rings is 1. The number of rotatable bonds is 6. The molecule has 8 heteroatoms. The van der Waals surface area contributed by atoms with Gasteiger partial charge in [-0.1, -0.05) is 25.3 Å². The summed E-state index contributed by atoms with van der Waals surface area (Å²) in [7, 11) is 1.68. The summed E-state index contributed by atoms with van der Waals surface area (Å²) in [5.74, 6) is -0.749. The largest absolute Gasteiger partial charge is 0.465 e. The fourth-order valence-electron chi connectivity index (χ4n) is 4.70. The molecule has 2 fully saturated rings. The molecular weight excluding hydrogens is 398 g/mol. The van der Waals surface area contributed by atoms with Gasteiger partial charge in [0.05, 0.1) is 23.6 Å². The highest BCUT2D eigenvalue weighted by molar-refractivity contribution is 6.00. The zero-order chi connectivity index (χ0) is 22.0. The SMILES string of the molecule is Cn1c(=O)n(C2CCC(=O)NC2=O)c2ccc(CCCOC(=O)C3CCCCC3)cc21. The second-order valence-electron chi connectivity index (χ2n) is 8.61. The second kappa shape index (κ2) is 9.08. The summed E-state index contributed by atoms with van der Waals surface area (Å²) >= 11 is 0. The van der Waals surface area contributed by atoms with Crippen LogP contribution in [0.25, 0.3) is 11.0 Å². The molecule has 0 bridgehead atoms. The predicted octanol–water partition coefficient (Wildman–Crippen LogP) is 2.37. The number of carbonyl (C=O) groups excluding carboxylic acids is 3. The molecule has 1 saturated heterocycles. The highest BCUT2D eigenvalue weighted by Crippen LogP contribution is 2.25. The Morgan fingerprint density at radius 2 is 1.87 bits per heavy atom. The fourth-order valence-corrected chi connectivity index (χ4v) is 4.70. The van der Waals surface area contributed by atoms with Crippen molar-refractivity contribution in [2.75, 3.05) is 6.61 Å². The van der Waals surface area contributed by atoms with Gasteiger partial charge in [0.1, 0.15) is 6.04 Å². The number of ether oxygens (including phenoxy) is 1. The molecule has 1 aromatic heterocycles. The standard InChI is InChI=1S/C23H29N3O5/c1-25-19-14-15(6-5-13-31-22(29)16-7-3-2-4-8-16)9-10-17(19)26(23(25)30)18-11-12-20(27)24-21(18)28/h9-10,14,16,18H,2-8,11-13H2,1H3,(H,24,27,28). The van der Waals surface area contributed by atoms with Crippen LogP contribution in [0.4, 0.5) is 0 Å². The van der Waals surface area contributed by atoms with Gasteiger partial charge >= 0.3 is 11.7 Å². The van der Waals surface area contributed by atoms with Crippen LogP contribution in [0.15, 0.2) is 23.0 Å². The van der Waals surface area contributed by atoms with E-state index in [0.29, 0.717) is 25.0 Å². The van der Waals surface area contributed by atoms with E-state index in [0.717, 1.165) is 43.2 Å². The fraction of sp³-hybridized carbons (Fsp3) is 0.565. The Hall–Kier alpha value is -2.90. The highest BCUT2D eigenvalue weighted by atomic mass is 16.5. The van der Waals surface area contributed by atoms with E-state index < -0.39 is 11.9 Å². The Morgan fingerprint density at radius 1 is 1.10 bits per heavy atom. The second-order valence-corrected chi connectivity index (χ2v) is 8.61. The van der Waals surface area contributed by atoms with Crippen LogP contribution >= 0.6 is 0 Å². The Bertz CT molecular complexity index is 1060. The van der Waals surface area contributed by atoms with Gasteiger partial charge in [-0.15, -0.1) is 0 Å². The normalized spacial score (nSPS) is 20.1. The molecule has 1 atom stereocenters. The van der Waals surface area contributed by atoms with Crippen LogP contribution in [-0.4, -0.2) is 33.5 Å². The Morgan fingerprint density at radius 3 is 2.61 bits per heavy atom. The van der Waals surface area contributed by atoms with Gasteiger partial charge in [-0.05, 0) is 49.8 Å². The minimum atomic E-state index is -0.682. The van der Waals surface area contributed by atoms with Gasteiger partial charge in [0.15, 0.2) is 0 Å². The lowest BCUT2D eigenvalue weighted by Gasteiger charge is -2.21. The Kier molecular flexibility index (Phi) is 6.25. The molecular formula is C23H29N3O5. The summed E-state index contributed by atoms with van der Waals surface area (Å²) in [6, 6.07) is 5.05. The van der Waals surface area contributed by atoms with Gasteiger partial charge < -0.3 is 4.74 Å². The molecule has 1 N–H and O–H groups in total. The molecule has 4 rings (SSSR count). The quantitative estimate of drug-likeness (QED) is 0.433. The summed E-state index contributed by atoms with van der Waals surface area (Å²) in [6.45, 7) is 0.392. The van der Waals surface area contributed by atoms with Crippen molar-refractivity contribution in [2.24, 2.45) is 13.0 Å². The molecule has 1 saturated carbocycles. The van der Waals surface area contributed by atoms with Crippen molar-refractivity contribution < 1.29 is 19.1 Å². The maximum atomic E-state index is 12.8. The predicted molar refractivity (Wildman–Crippen MR) is 114 cm³/mol. The smallest absolute Gasteiger partial charge is 0.329 e. The van der Waals surface area contributed by atoms with Gasteiger partial charge in [-0.2, -0.15) is 0 Å². The number of fused-ring (bicyclic) bond motifs is 1. The summed E-state index contributed by atoms with van der Waals surface area (Å²) in [5, 5.41) is 2.32. The maximum absolute atomic E-state index is 12.8. The molecule has 0 radical (unpaired) electrons. The van der Waals surface area contributed by atoms with Crippen LogP contribution in [0.3, 0.4) is 0 Å². The molecule has 8 nitrogen and oxygen atoms in total. The number of aromatic nitrogens is 2. The lowest BCUT2D eigenvalue weighted by Crippen LogP contribution is -2.44. The molecule has 166 valence electrons. The number of imidazole rings is 1. The van der Waals surface area contributed by atoms with Crippen molar-refractivity contribution in [1.29, 1.82) is 0 Å². The molecule has 2 heterocycles. The zero-order valence-electron chi connectivity index (χ0n) is 17.9. The van der Waals surface area contributed by atoms with Crippen LogP contribution in [-0.2, 0) is 32.6 Å². The molecule has 1 unspecified atom stereocenters. The third kappa shape index (κ3) is 4.43. The molecule has 1 aliphatic carbocycles. The molecule has 1 aliphatic heterocycles. The topological polar surface area (TPSA) is 99.4 Å². The summed E-state index contributed by atoms with van der Waals surface area (Å²) in [4.78, 5) is 48.7. The van der Waals surface area contributed by atoms with E-state index in [4.69, 9.17) is 4.74 Å². The molecule has 0 spiro atoms. The number of hydrogen-bond donors (Lipinski definition) is 1. The van der Waals surface area contributed by atoms with Crippen LogP contribution in [0.5, 0.6) is 0 Å². The first-order valence-corrected chi connectivity index (χ1v) is 11.2. The van der Waals surface area contributed by atoms with Gasteiger partial charge in [0.2, 0.25) is 11.8 Å². The minimum Gasteiger partial charge on any atom is -0.465 e. The van der Waals surface area contributed by atoms with Crippen molar-refractivity contribution >= 4 is 28.8 Å². The van der Waals surface area contributed by atoms with Crippen molar-refractivity contribution in [3.05, 3.63) is 34.2 Å². The molecule has 2 aromatic rings. The number of amides is 2. The van der Waals surface area contributed by atoms with Gasteiger partial charge in [-0.25, -0.2) is 4.79 Å². The first kappa shape index (κ1) is 21.3. The number of aryl methyl sites for hydroxylation is 2. The van der Waals surface area contributed by atoms with Crippen LogP contribution < -0.4 is 11.0 Å². The zero-order valence-corrected chi connectivity index (χ0v) is 17.9. The van der Waals surface area contributed by atoms with E-state index in [1.807, 2.05) is 18.2 Å². The van der Waals surface area contributed by atoms with Crippen LogP contribution in [0, 0.1) is 5.92 Å². The Balaban J connectivity index is 1.42. The van der Waals surface area contributed by atoms with Crippen molar-refractivity contribution in [2.45, 2.75) is 63.8 Å². The van der Waals surface area contributed by atoms with Gasteiger partial charge in [0.25, 0.3) is 0 Å². The van der Waals surface area contributed by atoms with E-state index >= 15 is 0 Å². The number of carbonyl (C=O) groups is 3. The van der Waals surface area contributed by atoms with E-state index in [1.165, 1.54) is 15.6 Å².